The molecule has 1 N–H and O–H groups in total. The molecule has 22 heavy (non-hydrogen) atoms. The van der Waals surface area contributed by atoms with Gasteiger partial charge in [-0.1, -0.05) is 11.6 Å². The molecule has 1 unspecified atom stereocenters. The predicted octanol–water partition coefficient (Wildman–Crippen LogP) is 4.03. The maximum Gasteiger partial charge on any atom is 0.134 e. The van der Waals surface area contributed by atoms with Crippen LogP contribution in [0.5, 0.6) is 0 Å². The molecule has 114 valence electrons. The van der Waals surface area contributed by atoms with Gasteiger partial charge >= 0.3 is 0 Å². The molecule has 0 spiro atoms. The number of piperidine rings is 3. The van der Waals surface area contributed by atoms with Crippen LogP contribution in [-0.2, 0) is 0 Å². The van der Waals surface area contributed by atoms with E-state index in [9.17, 15) is 5.11 Å². The fraction of sp³-hybridized carbons (Fsp3) is 0.333. The fourth-order valence-corrected chi connectivity index (χ4v) is 3.55. The fourth-order valence-electron chi connectivity index (χ4n) is 3.42. The third-order valence-corrected chi connectivity index (χ3v) is 4.95. The Morgan fingerprint density at radius 3 is 2.50 bits per heavy atom. The van der Waals surface area contributed by atoms with Crippen LogP contribution in [0.15, 0.2) is 46.5 Å². The molecular weight excluding hydrogens is 298 g/mol. The number of rotatable bonds is 2. The summed E-state index contributed by atoms with van der Waals surface area (Å²) in [6.07, 6.45) is 3.81. The van der Waals surface area contributed by atoms with Gasteiger partial charge in [0.2, 0.25) is 0 Å². The number of hydrogen-bond acceptors (Lipinski definition) is 3. The summed E-state index contributed by atoms with van der Waals surface area (Å²) in [5.74, 6) is 2.00. The summed E-state index contributed by atoms with van der Waals surface area (Å²) < 4.78 is 5.91. The third kappa shape index (κ3) is 2.44. The van der Waals surface area contributed by atoms with Gasteiger partial charge in [-0.25, -0.2) is 0 Å². The first-order valence-corrected chi connectivity index (χ1v) is 8.09. The summed E-state index contributed by atoms with van der Waals surface area (Å²) >= 11 is 5.91. The minimum Gasteiger partial charge on any atom is -0.457 e. The molecule has 0 saturated carbocycles. The van der Waals surface area contributed by atoms with Gasteiger partial charge in [-0.15, -0.1) is 0 Å². The van der Waals surface area contributed by atoms with Crippen LogP contribution in [0.4, 0.5) is 0 Å². The molecule has 2 aromatic rings. The quantitative estimate of drug-likeness (QED) is 0.909. The van der Waals surface area contributed by atoms with E-state index in [0.29, 0.717) is 10.9 Å². The molecule has 1 aromatic carbocycles. The lowest BCUT2D eigenvalue weighted by atomic mass is 9.83. The Kier molecular flexibility index (Phi) is 3.47. The van der Waals surface area contributed by atoms with E-state index >= 15 is 0 Å². The molecule has 3 nitrogen and oxygen atoms in total. The van der Waals surface area contributed by atoms with Gasteiger partial charge in [0, 0.05) is 35.4 Å². The zero-order valence-electron chi connectivity index (χ0n) is 12.2. The molecule has 3 saturated heterocycles. The summed E-state index contributed by atoms with van der Waals surface area (Å²) in [7, 11) is 0. The van der Waals surface area contributed by atoms with Crippen molar-refractivity contribution >= 4 is 17.7 Å². The SMILES string of the molecule is OC1/C(=C/c2ccc(-c3ccc(Cl)cc3)o2)N2CCC1CC2. The van der Waals surface area contributed by atoms with Crippen LogP contribution in [0.2, 0.25) is 5.02 Å². The number of halogens is 1. The molecule has 4 heterocycles. The van der Waals surface area contributed by atoms with E-state index in [4.69, 9.17) is 16.0 Å². The van der Waals surface area contributed by atoms with Gasteiger partial charge in [-0.05, 0) is 55.2 Å². The number of aliphatic hydroxyl groups is 1. The number of nitrogens with zero attached hydrogens (tertiary/aromatic N) is 1. The lowest BCUT2D eigenvalue weighted by Gasteiger charge is -2.45. The van der Waals surface area contributed by atoms with E-state index < -0.39 is 0 Å². The van der Waals surface area contributed by atoms with Gasteiger partial charge in [0.1, 0.15) is 11.5 Å². The van der Waals surface area contributed by atoms with Crippen molar-refractivity contribution < 1.29 is 9.52 Å². The molecule has 1 aromatic heterocycles. The van der Waals surface area contributed by atoms with Crippen molar-refractivity contribution in [2.24, 2.45) is 5.92 Å². The molecule has 4 heteroatoms. The molecule has 0 radical (unpaired) electrons. The van der Waals surface area contributed by atoms with Gasteiger partial charge < -0.3 is 14.4 Å². The predicted molar refractivity (Wildman–Crippen MR) is 87.4 cm³/mol. The zero-order valence-corrected chi connectivity index (χ0v) is 13.0. The van der Waals surface area contributed by atoms with Crippen LogP contribution in [0.1, 0.15) is 18.6 Å². The van der Waals surface area contributed by atoms with Crippen molar-refractivity contribution in [1.82, 2.24) is 4.90 Å². The third-order valence-electron chi connectivity index (χ3n) is 4.70. The van der Waals surface area contributed by atoms with Crippen molar-refractivity contribution in [3.05, 3.63) is 52.9 Å². The van der Waals surface area contributed by atoms with Crippen molar-refractivity contribution in [1.29, 1.82) is 0 Å². The largest absolute Gasteiger partial charge is 0.457 e. The van der Waals surface area contributed by atoms with E-state index in [1.165, 1.54) is 0 Å². The standard InChI is InChI=1S/C18H18ClNO2/c19-14-3-1-12(2-4-14)17-6-5-15(22-17)11-16-18(21)13-7-9-20(16)10-8-13/h1-6,11,13,18,21H,7-10H2/b16-11-. The second-order valence-electron chi connectivity index (χ2n) is 6.05. The molecule has 0 aliphatic carbocycles. The minimum absolute atomic E-state index is 0.355. The summed E-state index contributed by atoms with van der Waals surface area (Å²) in [4.78, 5) is 2.27. The Labute approximate surface area is 134 Å². The number of furan rings is 1. The maximum atomic E-state index is 10.4. The Morgan fingerprint density at radius 1 is 1.09 bits per heavy atom. The van der Waals surface area contributed by atoms with Gasteiger partial charge in [-0.2, -0.15) is 0 Å². The first-order valence-electron chi connectivity index (χ1n) is 7.71. The maximum absolute atomic E-state index is 10.4. The molecule has 2 bridgehead atoms. The monoisotopic (exact) mass is 315 g/mol. The number of aliphatic hydroxyl groups excluding tert-OH is 1. The van der Waals surface area contributed by atoms with Gasteiger partial charge in [0.15, 0.2) is 0 Å². The summed E-state index contributed by atoms with van der Waals surface area (Å²) in [5.41, 5.74) is 2.00. The highest BCUT2D eigenvalue weighted by Gasteiger charge is 2.36. The smallest absolute Gasteiger partial charge is 0.134 e. The van der Waals surface area contributed by atoms with E-state index in [1.807, 2.05) is 42.5 Å². The molecule has 3 aliphatic heterocycles. The number of hydrogen-bond donors (Lipinski definition) is 1. The average molecular weight is 316 g/mol. The molecular formula is C18H18ClNO2. The second kappa shape index (κ2) is 5.49. The number of fused-ring (bicyclic) bond motifs is 3. The summed E-state index contributed by atoms with van der Waals surface area (Å²) in [6, 6.07) is 11.5. The Hall–Kier alpha value is -1.71. The lowest BCUT2D eigenvalue weighted by molar-refractivity contribution is 0.0213. The Bertz CT molecular complexity index is 692. The first-order chi connectivity index (χ1) is 10.7. The van der Waals surface area contributed by atoms with E-state index in [0.717, 1.165) is 48.7 Å². The average Bonchev–Trinajstić information content (AvgIpc) is 3.01. The van der Waals surface area contributed by atoms with Gasteiger partial charge in [0.05, 0.1) is 6.10 Å². The van der Waals surface area contributed by atoms with Crippen molar-refractivity contribution in [3.63, 3.8) is 0 Å². The lowest BCUT2D eigenvalue weighted by Crippen LogP contribution is -2.48. The van der Waals surface area contributed by atoms with Crippen LogP contribution in [-0.4, -0.2) is 29.2 Å². The topological polar surface area (TPSA) is 36.6 Å². The molecule has 5 rings (SSSR count). The van der Waals surface area contributed by atoms with E-state index in [2.05, 4.69) is 4.90 Å². The van der Waals surface area contributed by atoms with E-state index in [1.54, 1.807) is 0 Å². The van der Waals surface area contributed by atoms with Crippen LogP contribution in [0, 0.1) is 5.92 Å². The molecule has 3 aliphatic rings. The highest BCUT2D eigenvalue weighted by Crippen LogP contribution is 2.36. The summed E-state index contributed by atoms with van der Waals surface area (Å²) in [6.45, 7) is 2.08. The second-order valence-corrected chi connectivity index (χ2v) is 6.48. The van der Waals surface area contributed by atoms with Gasteiger partial charge in [-0.3, -0.25) is 0 Å². The van der Waals surface area contributed by atoms with Gasteiger partial charge in [0.25, 0.3) is 0 Å². The van der Waals surface area contributed by atoms with Crippen LogP contribution >= 0.6 is 11.6 Å². The van der Waals surface area contributed by atoms with Crippen molar-refractivity contribution in [2.45, 2.75) is 18.9 Å². The number of benzene rings is 1. The highest BCUT2D eigenvalue weighted by atomic mass is 35.5. The molecule has 0 amide bonds. The zero-order chi connectivity index (χ0) is 15.1. The van der Waals surface area contributed by atoms with Crippen molar-refractivity contribution in [3.8, 4) is 11.3 Å². The minimum atomic E-state index is -0.355. The summed E-state index contributed by atoms with van der Waals surface area (Å²) in [5, 5.41) is 11.1. The van der Waals surface area contributed by atoms with Crippen molar-refractivity contribution in [2.75, 3.05) is 13.1 Å². The first kappa shape index (κ1) is 13.9. The van der Waals surface area contributed by atoms with Crippen LogP contribution in [0.3, 0.4) is 0 Å². The molecule has 1 atom stereocenters. The highest BCUT2D eigenvalue weighted by molar-refractivity contribution is 6.30. The Morgan fingerprint density at radius 2 is 1.82 bits per heavy atom. The Balaban J connectivity index is 1.62. The van der Waals surface area contributed by atoms with Crippen LogP contribution in [0.25, 0.3) is 17.4 Å². The van der Waals surface area contributed by atoms with E-state index in [-0.39, 0.29) is 6.10 Å². The molecule has 3 fully saturated rings. The van der Waals surface area contributed by atoms with Crippen LogP contribution < -0.4 is 0 Å². The normalized spacial score (nSPS) is 25.9.